The lowest BCUT2D eigenvalue weighted by atomic mass is 9.60. The van der Waals surface area contributed by atoms with E-state index in [2.05, 4.69) is 33.8 Å². The van der Waals surface area contributed by atoms with Crippen LogP contribution in [0.5, 0.6) is 17.2 Å². The third-order valence-electron chi connectivity index (χ3n) is 9.21. The molecule has 1 saturated carbocycles. The molecule has 5 unspecified atom stereocenters. The van der Waals surface area contributed by atoms with E-state index in [9.17, 15) is 19.8 Å². The second-order valence-electron chi connectivity index (χ2n) is 11.5. The zero-order valence-corrected chi connectivity index (χ0v) is 20.9. The normalized spacial score (nSPS) is 31.0. The number of phenolic OH excluding ortho intramolecular Hbond substituents is 2. The van der Waals surface area contributed by atoms with Crippen molar-refractivity contribution in [3.05, 3.63) is 64.2 Å². The van der Waals surface area contributed by atoms with Gasteiger partial charge < -0.3 is 14.9 Å². The van der Waals surface area contributed by atoms with E-state index in [1.807, 2.05) is 30.3 Å². The number of hydrogen-bond donors (Lipinski definition) is 2. The maximum atomic E-state index is 12.2. The van der Waals surface area contributed by atoms with Crippen LogP contribution >= 0.6 is 0 Å². The monoisotopic (exact) mass is 474 g/mol. The summed E-state index contributed by atoms with van der Waals surface area (Å²) in [5, 5.41) is 22.0. The quantitative estimate of drug-likeness (QED) is 0.396. The van der Waals surface area contributed by atoms with Crippen LogP contribution in [0.2, 0.25) is 0 Å². The van der Waals surface area contributed by atoms with Crippen molar-refractivity contribution < 1.29 is 24.5 Å². The van der Waals surface area contributed by atoms with Crippen molar-refractivity contribution in [1.29, 1.82) is 0 Å². The average Bonchev–Trinajstić information content (AvgIpc) is 3.38. The molecule has 0 saturated heterocycles. The van der Waals surface area contributed by atoms with Gasteiger partial charge in [-0.2, -0.15) is 0 Å². The highest BCUT2D eigenvalue weighted by Crippen LogP contribution is 2.70. The lowest BCUT2D eigenvalue weighted by molar-refractivity contribution is -0.00817. The van der Waals surface area contributed by atoms with Gasteiger partial charge in [0, 0.05) is 22.8 Å². The SMILES string of the molecule is CC1=CCCC2(C)C(c3ccccc3)c3c(O)c(C=O)c(O)c(C=O)c3OC2C2C(CC1)C2(C)C. The number of carbonyl (C=O) groups excluding carboxylic acids is 2. The standard InChI is InChI=1S/C30H34O5/c1-17-9-8-14-30(4)23(18-10-6-5-7-11-18)22-26(34)19(15-31)25(33)20(16-32)27(22)35-28(30)24-21(13-12-17)29(24,2)3/h5-7,9-11,15-16,21,23-24,28,33-34H,8,12-14H2,1-4H3. The van der Waals surface area contributed by atoms with Gasteiger partial charge in [0.1, 0.15) is 23.4 Å². The number of fused-ring (bicyclic) bond motifs is 4. The van der Waals surface area contributed by atoms with Gasteiger partial charge in [-0.15, -0.1) is 0 Å². The van der Waals surface area contributed by atoms with Gasteiger partial charge in [-0.1, -0.05) is 62.8 Å². The van der Waals surface area contributed by atoms with Crippen LogP contribution < -0.4 is 4.74 Å². The van der Waals surface area contributed by atoms with E-state index in [0.29, 0.717) is 24.1 Å². The molecule has 3 aliphatic rings. The summed E-state index contributed by atoms with van der Waals surface area (Å²) in [6.07, 6.45) is 6.89. The van der Waals surface area contributed by atoms with E-state index in [0.717, 1.165) is 31.2 Å². The molecule has 5 nitrogen and oxygen atoms in total. The first kappa shape index (κ1) is 23.7. The molecule has 2 aromatic rings. The molecule has 5 atom stereocenters. The molecule has 0 aromatic heterocycles. The maximum absolute atomic E-state index is 12.2. The zero-order chi connectivity index (χ0) is 25.1. The van der Waals surface area contributed by atoms with E-state index in [-0.39, 0.29) is 46.0 Å². The van der Waals surface area contributed by atoms with Gasteiger partial charge in [-0.05, 0) is 49.5 Å². The van der Waals surface area contributed by atoms with Gasteiger partial charge in [0.2, 0.25) is 0 Å². The van der Waals surface area contributed by atoms with Crippen molar-refractivity contribution in [2.75, 3.05) is 0 Å². The predicted octanol–water partition coefficient (Wildman–Crippen LogP) is 6.41. The Hall–Kier alpha value is -3.08. The molecule has 35 heavy (non-hydrogen) atoms. The van der Waals surface area contributed by atoms with Gasteiger partial charge >= 0.3 is 0 Å². The maximum Gasteiger partial charge on any atom is 0.157 e. The molecule has 1 aliphatic heterocycles. The van der Waals surface area contributed by atoms with E-state index in [4.69, 9.17) is 4.74 Å². The molecular weight excluding hydrogens is 440 g/mol. The first-order chi connectivity index (χ1) is 16.7. The molecule has 1 heterocycles. The summed E-state index contributed by atoms with van der Waals surface area (Å²) in [7, 11) is 0. The molecule has 1 fully saturated rings. The van der Waals surface area contributed by atoms with E-state index in [1.165, 1.54) is 5.57 Å². The second-order valence-corrected chi connectivity index (χ2v) is 11.5. The lowest BCUT2D eigenvalue weighted by Gasteiger charge is -2.50. The summed E-state index contributed by atoms with van der Waals surface area (Å²) in [6.45, 7) is 9.01. The Balaban J connectivity index is 1.82. The highest BCUT2D eigenvalue weighted by molar-refractivity contribution is 5.95. The van der Waals surface area contributed by atoms with Crippen molar-refractivity contribution >= 4 is 12.6 Å². The highest BCUT2D eigenvalue weighted by atomic mass is 16.5. The van der Waals surface area contributed by atoms with Crippen molar-refractivity contribution in [3.8, 4) is 17.2 Å². The summed E-state index contributed by atoms with van der Waals surface area (Å²) >= 11 is 0. The van der Waals surface area contributed by atoms with Crippen molar-refractivity contribution in [3.63, 3.8) is 0 Å². The average molecular weight is 475 g/mol. The number of ether oxygens (including phenoxy) is 1. The number of carbonyl (C=O) groups is 2. The third-order valence-corrected chi connectivity index (χ3v) is 9.21. The number of aldehydes is 2. The summed E-state index contributed by atoms with van der Waals surface area (Å²) in [4.78, 5) is 24.1. The molecule has 184 valence electrons. The Labute approximate surface area is 206 Å². The fourth-order valence-electron chi connectivity index (χ4n) is 7.15. The second kappa shape index (κ2) is 8.25. The molecule has 0 spiro atoms. The Morgan fingerprint density at radius 2 is 1.69 bits per heavy atom. The number of benzene rings is 2. The molecule has 2 aromatic carbocycles. The summed E-state index contributed by atoms with van der Waals surface area (Å²) in [6, 6.07) is 9.95. The Bertz CT molecular complexity index is 1210. The van der Waals surface area contributed by atoms with Crippen LogP contribution in [0.15, 0.2) is 42.0 Å². The van der Waals surface area contributed by atoms with E-state index < -0.39 is 11.2 Å². The molecule has 2 aliphatic carbocycles. The fourth-order valence-corrected chi connectivity index (χ4v) is 7.15. The van der Waals surface area contributed by atoms with Crippen LogP contribution in [0.4, 0.5) is 0 Å². The smallest absolute Gasteiger partial charge is 0.157 e. The van der Waals surface area contributed by atoms with Crippen LogP contribution in [0.25, 0.3) is 0 Å². The van der Waals surface area contributed by atoms with Crippen molar-refractivity contribution in [1.82, 2.24) is 0 Å². The number of aromatic hydroxyl groups is 2. The molecule has 5 heteroatoms. The summed E-state index contributed by atoms with van der Waals surface area (Å²) in [5.74, 6) is -0.189. The van der Waals surface area contributed by atoms with Crippen LogP contribution in [-0.4, -0.2) is 28.9 Å². The van der Waals surface area contributed by atoms with E-state index in [1.54, 1.807) is 0 Å². The van der Waals surface area contributed by atoms with Crippen molar-refractivity contribution in [2.45, 2.75) is 65.4 Å². The fraction of sp³-hybridized carbons (Fsp3) is 0.467. The summed E-state index contributed by atoms with van der Waals surface area (Å²) < 4.78 is 6.73. The molecule has 0 amide bonds. The number of rotatable bonds is 3. The van der Waals surface area contributed by atoms with Gasteiger partial charge in [-0.25, -0.2) is 0 Å². The van der Waals surface area contributed by atoms with Crippen LogP contribution in [-0.2, 0) is 0 Å². The molecule has 0 radical (unpaired) electrons. The Morgan fingerprint density at radius 3 is 2.34 bits per heavy atom. The summed E-state index contributed by atoms with van der Waals surface area (Å²) in [5.41, 5.74) is 2.14. The van der Waals surface area contributed by atoms with Crippen molar-refractivity contribution in [2.24, 2.45) is 22.7 Å². The largest absolute Gasteiger partial charge is 0.507 e. The number of hydrogen-bond acceptors (Lipinski definition) is 5. The predicted molar refractivity (Wildman–Crippen MR) is 134 cm³/mol. The van der Waals surface area contributed by atoms with E-state index >= 15 is 0 Å². The van der Waals surface area contributed by atoms with Gasteiger partial charge in [0.05, 0.1) is 11.1 Å². The third kappa shape index (κ3) is 3.42. The Kier molecular flexibility index (Phi) is 5.58. The number of allylic oxidation sites excluding steroid dienone is 2. The molecule has 0 bridgehead atoms. The molecule has 2 N–H and O–H groups in total. The number of phenols is 2. The van der Waals surface area contributed by atoms with Gasteiger partial charge in [0.15, 0.2) is 12.6 Å². The minimum absolute atomic E-state index is 0.0641. The highest BCUT2D eigenvalue weighted by Gasteiger charge is 2.67. The van der Waals surface area contributed by atoms with Crippen LogP contribution in [0, 0.1) is 22.7 Å². The molecule has 5 rings (SSSR count). The van der Waals surface area contributed by atoms with Gasteiger partial charge in [-0.3, -0.25) is 9.59 Å². The van der Waals surface area contributed by atoms with Crippen LogP contribution in [0.3, 0.4) is 0 Å². The minimum atomic E-state index is -0.522. The van der Waals surface area contributed by atoms with Crippen LogP contribution in [0.1, 0.15) is 91.1 Å². The Morgan fingerprint density at radius 1 is 1.00 bits per heavy atom. The zero-order valence-electron chi connectivity index (χ0n) is 20.9. The first-order valence-electron chi connectivity index (χ1n) is 12.6. The van der Waals surface area contributed by atoms with Gasteiger partial charge in [0.25, 0.3) is 0 Å². The molecular formula is C30H34O5. The minimum Gasteiger partial charge on any atom is -0.507 e. The lowest BCUT2D eigenvalue weighted by Crippen LogP contribution is -2.48. The first-order valence-corrected chi connectivity index (χ1v) is 12.6. The topological polar surface area (TPSA) is 83.8 Å².